The summed E-state index contributed by atoms with van der Waals surface area (Å²) in [5, 5.41) is 11.6. The Balaban J connectivity index is 0.00000364. The van der Waals surface area contributed by atoms with Crippen molar-refractivity contribution in [2.45, 2.75) is 24.7 Å². The summed E-state index contributed by atoms with van der Waals surface area (Å²) in [6, 6.07) is 12.4. The number of pyridine rings is 1. The number of hydrogen-bond acceptors (Lipinski definition) is 4. The van der Waals surface area contributed by atoms with Crippen molar-refractivity contribution in [2.24, 2.45) is 10.1 Å². The molecule has 4 N–H and O–H groups in total. The van der Waals surface area contributed by atoms with E-state index in [4.69, 9.17) is 5.14 Å². The Labute approximate surface area is 178 Å². The van der Waals surface area contributed by atoms with Crippen LogP contribution >= 0.6 is 24.0 Å². The van der Waals surface area contributed by atoms with Gasteiger partial charge in [0.15, 0.2) is 5.96 Å². The van der Waals surface area contributed by atoms with Crippen LogP contribution in [0.4, 0.5) is 0 Å². The zero-order valence-corrected chi connectivity index (χ0v) is 18.4. The number of guanidine groups is 1. The Morgan fingerprint density at radius 2 is 1.85 bits per heavy atom. The molecule has 0 radical (unpaired) electrons. The Hall–Kier alpha value is -1.72. The minimum atomic E-state index is -3.64. The van der Waals surface area contributed by atoms with Crippen LogP contribution < -0.4 is 15.8 Å². The molecule has 1 aromatic carbocycles. The van der Waals surface area contributed by atoms with Gasteiger partial charge in [0.1, 0.15) is 0 Å². The molecule has 0 amide bonds. The van der Waals surface area contributed by atoms with Gasteiger partial charge in [-0.15, -0.1) is 24.0 Å². The van der Waals surface area contributed by atoms with Gasteiger partial charge in [-0.1, -0.05) is 18.2 Å². The van der Waals surface area contributed by atoms with Crippen molar-refractivity contribution in [3.05, 3.63) is 59.9 Å². The summed E-state index contributed by atoms with van der Waals surface area (Å²) in [5.41, 5.74) is 2.04. The highest BCUT2D eigenvalue weighted by atomic mass is 127. The predicted octanol–water partition coefficient (Wildman–Crippen LogP) is 1.69. The first-order valence-electron chi connectivity index (χ1n) is 8.53. The molecule has 1 aromatic heterocycles. The summed E-state index contributed by atoms with van der Waals surface area (Å²) in [6.45, 7) is 4.12. The Kier molecular flexibility index (Phi) is 10.3. The number of rotatable bonds is 8. The molecule has 27 heavy (non-hydrogen) atoms. The van der Waals surface area contributed by atoms with Gasteiger partial charge in [0.2, 0.25) is 10.0 Å². The number of halogens is 1. The first kappa shape index (κ1) is 23.3. The Bertz CT molecular complexity index is 811. The maximum Gasteiger partial charge on any atom is 0.238 e. The average molecular weight is 503 g/mol. The molecule has 0 spiro atoms. The van der Waals surface area contributed by atoms with Gasteiger partial charge in [-0.2, -0.15) is 0 Å². The third-order valence-electron chi connectivity index (χ3n) is 3.67. The molecule has 0 saturated carbocycles. The molecule has 0 atom stereocenters. The summed E-state index contributed by atoms with van der Waals surface area (Å²) >= 11 is 0. The second kappa shape index (κ2) is 11.9. The molecular formula is C18H26IN5O2S. The van der Waals surface area contributed by atoms with Gasteiger partial charge in [-0.05, 0) is 43.2 Å². The summed E-state index contributed by atoms with van der Waals surface area (Å²) < 4.78 is 22.5. The van der Waals surface area contributed by atoms with E-state index in [1.807, 2.05) is 25.1 Å². The largest absolute Gasteiger partial charge is 0.357 e. The van der Waals surface area contributed by atoms with E-state index >= 15 is 0 Å². The van der Waals surface area contributed by atoms with Crippen LogP contribution in [0, 0.1) is 0 Å². The summed E-state index contributed by atoms with van der Waals surface area (Å²) in [6.07, 6.45) is 3.31. The van der Waals surface area contributed by atoms with Crippen LogP contribution in [0.2, 0.25) is 0 Å². The maximum absolute atomic E-state index is 11.3. The molecule has 2 aromatic rings. The lowest BCUT2D eigenvalue weighted by Gasteiger charge is -2.11. The maximum atomic E-state index is 11.3. The molecule has 1 heterocycles. The first-order chi connectivity index (χ1) is 12.5. The highest BCUT2D eigenvalue weighted by molar-refractivity contribution is 14.0. The zero-order valence-electron chi connectivity index (χ0n) is 15.3. The van der Waals surface area contributed by atoms with Gasteiger partial charge in [-0.25, -0.2) is 13.6 Å². The van der Waals surface area contributed by atoms with E-state index < -0.39 is 10.0 Å². The number of benzene rings is 1. The molecule has 0 aliphatic rings. The van der Waals surface area contributed by atoms with E-state index in [-0.39, 0.29) is 28.9 Å². The van der Waals surface area contributed by atoms with Gasteiger partial charge < -0.3 is 10.6 Å². The van der Waals surface area contributed by atoms with E-state index in [9.17, 15) is 8.42 Å². The topological polar surface area (TPSA) is 109 Å². The lowest BCUT2D eigenvalue weighted by Crippen LogP contribution is -2.38. The number of aromatic nitrogens is 1. The average Bonchev–Trinajstić information content (AvgIpc) is 2.62. The molecule has 2 rings (SSSR count). The van der Waals surface area contributed by atoms with Crippen LogP contribution in [-0.4, -0.2) is 39.0 Å². The predicted molar refractivity (Wildman–Crippen MR) is 119 cm³/mol. The fourth-order valence-electron chi connectivity index (χ4n) is 2.34. The highest BCUT2D eigenvalue weighted by Crippen LogP contribution is 2.08. The summed E-state index contributed by atoms with van der Waals surface area (Å²) in [4.78, 5) is 8.95. The highest BCUT2D eigenvalue weighted by Gasteiger charge is 2.06. The Morgan fingerprint density at radius 1 is 1.11 bits per heavy atom. The molecule has 7 nitrogen and oxygen atoms in total. The van der Waals surface area contributed by atoms with E-state index in [0.717, 1.165) is 36.6 Å². The second-order valence-electron chi connectivity index (χ2n) is 5.70. The number of hydrogen-bond donors (Lipinski definition) is 3. The smallest absolute Gasteiger partial charge is 0.238 e. The van der Waals surface area contributed by atoms with Crippen molar-refractivity contribution in [3.63, 3.8) is 0 Å². The van der Waals surface area contributed by atoms with E-state index in [2.05, 4.69) is 20.6 Å². The number of nitrogens with one attached hydrogen (secondary N) is 2. The monoisotopic (exact) mass is 503 g/mol. The quantitative estimate of drug-likeness (QED) is 0.289. The molecule has 0 fully saturated rings. The molecule has 0 aliphatic heterocycles. The molecule has 148 valence electrons. The van der Waals surface area contributed by atoms with E-state index in [1.54, 1.807) is 18.3 Å². The lowest BCUT2D eigenvalue weighted by atomic mass is 10.1. The minimum absolute atomic E-state index is 0. The van der Waals surface area contributed by atoms with Gasteiger partial charge in [0.05, 0.1) is 4.90 Å². The lowest BCUT2D eigenvalue weighted by molar-refractivity contribution is 0.598. The number of sulfonamides is 1. The Morgan fingerprint density at radius 3 is 2.44 bits per heavy atom. The van der Waals surface area contributed by atoms with Crippen molar-refractivity contribution >= 4 is 40.0 Å². The van der Waals surface area contributed by atoms with Crippen LogP contribution in [0.1, 0.15) is 18.2 Å². The van der Waals surface area contributed by atoms with Crippen LogP contribution in [0.15, 0.2) is 58.5 Å². The minimum Gasteiger partial charge on any atom is -0.357 e. The fourth-order valence-corrected chi connectivity index (χ4v) is 2.86. The number of aliphatic imine (C=N–C) groups is 1. The number of nitrogens with zero attached hydrogens (tertiary/aromatic N) is 2. The molecule has 0 saturated heterocycles. The molecule has 0 unspecified atom stereocenters. The van der Waals surface area contributed by atoms with Crippen LogP contribution in [-0.2, 0) is 22.9 Å². The SMILES string of the molecule is CCNC(=NCCc1ccccn1)NCCc1ccc(S(N)(=O)=O)cc1.I. The summed E-state index contributed by atoms with van der Waals surface area (Å²) in [7, 11) is -3.64. The van der Waals surface area contributed by atoms with Crippen LogP contribution in [0.25, 0.3) is 0 Å². The number of primary sulfonamides is 1. The van der Waals surface area contributed by atoms with E-state index in [1.165, 1.54) is 12.1 Å². The van der Waals surface area contributed by atoms with Crippen molar-refractivity contribution in [3.8, 4) is 0 Å². The van der Waals surface area contributed by atoms with Gasteiger partial charge >= 0.3 is 0 Å². The standard InChI is InChI=1S/C18H25N5O2S.HI/c1-2-20-18(23-14-11-16-5-3-4-12-21-16)22-13-10-15-6-8-17(9-7-15)26(19,24)25;/h3-9,12H,2,10-11,13-14H2,1H3,(H2,19,24,25)(H2,20,22,23);1H. The first-order valence-corrected chi connectivity index (χ1v) is 10.1. The van der Waals surface area contributed by atoms with Gasteiger partial charge in [0.25, 0.3) is 0 Å². The third kappa shape index (κ3) is 8.67. The molecule has 9 heteroatoms. The molecular weight excluding hydrogens is 477 g/mol. The number of nitrogens with two attached hydrogens (primary N) is 1. The zero-order chi connectivity index (χ0) is 18.8. The van der Waals surface area contributed by atoms with E-state index in [0.29, 0.717) is 13.1 Å². The fraction of sp³-hybridized carbons (Fsp3) is 0.333. The van der Waals surface area contributed by atoms with Crippen molar-refractivity contribution in [1.29, 1.82) is 0 Å². The van der Waals surface area contributed by atoms with Crippen molar-refractivity contribution in [2.75, 3.05) is 19.6 Å². The molecule has 0 aliphatic carbocycles. The van der Waals surface area contributed by atoms with Gasteiger partial charge in [-0.3, -0.25) is 9.98 Å². The van der Waals surface area contributed by atoms with Crippen molar-refractivity contribution < 1.29 is 8.42 Å². The second-order valence-corrected chi connectivity index (χ2v) is 7.26. The summed E-state index contributed by atoms with van der Waals surface area (Å²) in [5.74, 6) is 0.754. The van der Waals surface area contributed by atoms with Crippen LogP contribution in [0.3, 0.4) is 0 Å². The van der Waals surface area contributed by atoms with Gasteiger partial charge in [0, 0.05) is 37.9 Å². The third-order valence-corrected chi connectivity index (χ3v) is 4.60. The normalized spacial score (nSPS) is 11.6. The van der Waals surface area contributed by atoms with Crippen LogP contribution in [0.5, 0.6) is 0 Å². The van der Waals surface area contributed by atoms with Crippen molar-refractivity contribution in [1.82, 2.24) is 15.6 Å². The molecule has 0 bridgehead atoms.